The van der Waals surface area contributed by atoms with E-state index in [2.05, 4.69) is 62.4 Å². The Morgan fingerprint density at radius 2 is 0.784 bits per heavy atom. The molecule has 0 bridgehead atoms. The molecular formula is C45H54F4S2. The summed E-state index contributed by atoms with van der Waals surface area (Å²) in [5.41, 5.74) is 8.08. The lowest BCUT2D eigenvalue weighted by atomic mass is 9.78. The maximum Gasteiger partial charge on any atom is 0.288 e. The van der Waals surface area contributed by atoms with Crippen LogP contribution in [0.2, 0.25) is 0 Å². The van der Waals surface area contributed by atoms with E-state index in [0.717, 1.165) is 49.4 Å². The Hall–Kier alpha value is -2.70. The van der Waals surface area contributed by atoms with E-state index in [4.69, 9.17) is 0 Å². The standard InChI is InChI=1S/C23H28F2S.C22H26F2S/c1-2-17-5-11-20(12-6-17)21-13-7-18(8-14-21)3-4-19-9-15-22(16-10-19)26-23(24)25;1-16-2-10-19(11-3-16)20-12-6-17(7-13-20)4-5-18-8-14-21(15-9-18)25-22(23)24/h7-10,13-17,20,23H,2-6,11-12H2,1H3;6-9,12-16,19,22H,2-5,10-11H2,1H3. The van der Waals surface area contributed by atoms with E-state index in [1.54, 1.807) is 24.3 Å². The van der Waals surface area contributed by atoms with Gasteiger partial charge in [0.05, 0.1) is 0 Å². The summed E-state index contributed by atoms with van der Waals surface area (Å²) < 4.78 is 49.4. The molecule has 0 saturated heterocycles. The van der Waals surface area contributed by atoms with Gasteiger partial charge in [-0.1, -0.05) is 129 Å². The first-order valence-corrected chi connectivity index (χ1v) is 20.7. The van der Waals surface area contributed by atoms with Crippen LogP contribution in [0.5, 0.6) is 0 Å². The molecule has 2 aliphatic rings. The molecule has 4 aromatic rings. The van der Waals surface area contributed by atoms with E-state index >= 15 is 0 Å². The van der Waals surface area contributed by atoms with Gasteiger partial charge in [0.2, 0.25) is 0 Å². The number of benzene rings is 4. The first-order chi connectivity index (χ1) is 24.7. The van der Waals surface area contributed by atoms with Crippen molar-refractivity contribution in [3.05, 3.63) is 130 Å². The highest BCUT2D eigenvalue weighted by atomic mass is 32.2. The molecule has 0 spiro atoms. The molecule has 2 saturated carbocycles. The first kappa shape index (κ1) is 39.5. The van der Waals surface area contributed by atoms with Crippen LogP contribution in [0.1, 0.15) is 117 Å². The molecule has 6 heteroatoms. The molecule has 274 valence electrons. The third-order valence-electron chi connectivity index (χ3n) is 11.0. The van der Waals surface area contributed by atoms with Gasteiger partial charge in [-0.15, -0.1) is 0 Å². The molecule has 2 fully saturated rings. The van der Waals surface area contributed by atoms with Crippen LogP contribution in [0.15, 0.2) is 107 Å². The van der Waals surface area contributed by atoms with Gasteiger partial charge in [0.25, 0.3) is 11.5 Å². The fourth-order valence-electron chi connectivity index (χ4n) is 7.66. The zero-order chi connectivity index (χ0) is 36.0. The number of hydrogen-bond acceptors (Lipinski definition) is 2. The van der Waals surface area contributed by atoms with Gasteiger partial charge >= 0.3 is 0 Å². The maximum atomic E-state index is 12.4. The van der Waals surface area contributed by atoms with Crippen molar-refractivity contribution >= 4 is 23.5 Å². The molecule has 0 aromatic heterocycles. The fourth-order valence-corrected chi connectivity index (χ4v) is 8.66. The zero-order valence-corrected chi connectivity index (χ0v) is 31.9. The molecule has 0 nitrogen and oxygen atoms in total. The minimum absolute atomic E-state index is 0.603. The van der Waals surface area contributed by atoms with Crippen LogP contribution in [-0.2, 0) is 25.7 Å². The van der Waals surface area contributed by atoms with E-state index in [0.29, 0.717) is 33.3 Å². The van der Waals surface area contributed by atoms with Gasteiger partial charge in [0.15, 0.2) is 0 Å². The summed E-state index contributed by atoms with van der Waals surface area (Å²) in [6.45, 7) is 4.67. The van der Waals surface area contributed by atoms with Crippen molar-refractivity contribution in [2.45, 2.75) is 130 Å². The summed E-state index contributed by atoms with van der Waals surface area (Å²) in [6.07, 6.45) is 16.0. The lowest BCUT2D eigenvalue weighted by molar-refractivity contribution is 0.251. The minimum atomic E-state index is -2.35. The van der Waals surface area contributed by atoms with Gasteiger partial charge in [0.1, 0.15) is 0 Å². The molecule has 6 rings (SSSR count). The van der Waals surface area contributed by atoms with Gasteiger partial charge in [-0.2, -0.15) is 17.6 Å². The summed E-state index contributed by atoms with van der Waals surface area (Å²) in [6, 6.07) is 33.3. The third-order valence-corrected chi connectivity index (χ3v) is 12.5. The Labute approximate surface area is 312 Å². The van der Waals surface area contributed by atoms with Crippen molar-refractivity contribution in [2.75, 3.05) is 0 Å². The molecule has 51 heavy (non-hydrogen) atoms. The second kappa shape index (κ2) is 20.5. The molecular weight excluding hydrogens is 681 g/mol. The molecule has 0 amide bonds. The summed E-state index contributed by atoms with van der Waals surface area (Å²) in [7, 11) is 0. The molecule has 0 unspecified atom stereocenters. The summed E-state index contributed by atoms with van der Waals surface area (Å²) in [5, 5.41) is 0. The van der Waals surface area contributed by atoms with Crippen molar-refractivity contribution in [2.24, 2.45) is 11.8 Å². The quantitative estimate of drug-likeness (QED) is 0.0991. The van der Waals surface area contributed by atoms with Crippen LogP contribution in [0, 0.1) is 11.8 Å². The Kier molecular flexibility index (Phi) is 15.9. The van der Waals surface area contributed by atoms with Crippen LogP contribution < -0.4 is 0 Å². The predicted octanol–water partition coefficient (Wildman–Crippen LogP) is 14.6. The smallest absolute Gasteiger partial charge is 0.198 e. The van der Waals surface area contributed by atoms with Crippen molar-refractivity contribution < 1.29 is 17.6 Å². The van der Waals surface area contributed by atoms with Crippen molar-refractivity contribution in [1.29, 1.82) is 0 Å². The van der Waals surface area contributed by atoms with E-state index in [9.17, 15) is 17.6 Å². The Bertz CT molecular complexity index is 1540. The van der Waals surface area contributed by atoms with E-state index in [1.165, 1.54) is 91.2 Å². The molecule has 0 atom stereocenters. The van der Waals surface area contributed by atoms with Gasteiger partial charge in [0, 0.05) is 9.79 Å². The molecule has 0 aliphatic heterocycles. The predicted molar refractivity (Wildman–Crippen MR) is 210 cm³/mol. The topological polar surface area (TPSA) is 0 Å². The fraction of sp³-hybridized carbons (Fsp3) is 0.467. The Balaban J connectivity index is 0.000000198. The molecule has 2 aliphatic carbocycles. The van der Waals surface area contributed by atoms with E-state index < -0.39 is 11.5 Å². The van der Waals surface area contributed by atoms with Gasteiger partial charge in [-0.3, -0.25) is 0 Å². The van der Waals surface area contributed by atoms with Gasteiger partial charge in [-0.05, 0) is 146 Å². The second-order valence-corrected chi connectivity index (χ2v) is 16.7. The second-order valence-electron chi connectivity index (χ2n) is 14.6. The number of halogens is 4. The van der Waals surface area contributed by atoms with Crippen molar-refractivity contribution in [1.82, 2.24) is 0 Å². The van der Waals surface area contributed by atoms with Crippen LogP contribution >= 0.6 is 23.5 Å². The Morgan fingerprint density at radius 3 is 1.10 bits per heavy atom. The van der Waals surface area contributed by atoms with Crippen LogP contribution in [-0.4, -0.2) is 11.5 Å². The lowest BCUT2D eigenvalue weighted by Crippen LogP contribution is -2.12. The molecule has 4 aromatic carbocycles. The summed E-state index contributed by atoms with van der Waals surface area (Å²) in [5.74, 6) is -1.39. The first-order valence-electron chi connectivity index (χ1n) is 19.0. The van der Waals surface area contributed by atoms with Crippen LogP contribution in [0.3, 0.4) is 0 Å². The molecule has 0 heterocycles. The molecule has 0 radical (unpaired) electrons. The van der Waals surface area contributed by atoms with Crippen LogP contribution in [0.25, 0.3) is 0 Å². The largest absolute Gasteiger partial charge is 0.288 e. The van der Waals surface area contributed by atoms with Crippen LogP contribution in [0.4, 0.5) is 17.6 Å². The lowest BCUT2D eigenvalue weighted by Gasteiger charge is -2.28. The summed E-state index contributed by atoms with van der Waals surface area (Å²) >= 11 is 1.21. The van der Waals surface area contributed by atoms with E-state index in [-0.39, 0.29) is 0 Å². The van der Waals surface area contributed by atoms with Gasteiger partial charge in [-0.25, -0.2) is 0 Å². The number of aryl methyl sites for hydroxylation is 4. The van der Waals surface area contributed by atoms with Crippen molar-refractivity contribution in [3.8, 4) is 0 Å². The number of rotatable bonds is 13. The highest BCUT2D eigenvalue weighted by Gasteiger charge is 2.21. The average molecular weight is 735 g/mol. The normalized spacial score (nSPS) is 20.6. The minimum Gasteiger partial charge on any atom is -0.198 e. The number of thioether (sulfide) groups is 2. The van der Waals surface area contributed by atoms with Crippen molar-refractivity contribution in [3.63, 3.8) is 0 Å². The maximum absolute atomic E-state index is 12.4. The average Bonchev–Trinajstić information content (AvgIpc) is 3.15. The highest BCUT2D eigenvalue weighted by Crippen LogP contribution is 2.37. The van der Waals surface area contributed by atoms with Gasteiger partial charge < -0.3 is 0 Å². The van der Waals surface area contributed by atoms with E-state index in [1.807, 2.05) is 24.3 Å². The number of hydrogen-bond donors (Lipinski definition) is 0. The highest BCUT2D eigenvalue weighted by molar-refractivity contribution is 7.99. The third kappa shape index (κ3) is 13.3. The SMILES string of the molecule is CC1CCC(c2ccc(CCc3ccc(SC(F)F)cc3)cc2)CC1.CCC1CCC(c2ccc(CCc3ccc(SC(F)F)cc3)cc2)CC1. The molecule has 0 N–H and O–H groups in total. The monoisotopic (exact) mass is 734 g/mol. The zero-order valence-electron chi connectivity index (χ0n) is 30.2. The summed E-state index contributed by atoms with van der Waals surface area (Å²) in [4.78, 5) is 1.26. The Morgan fingerprint density at radius 1 is 0.471 bits per heavy atom. The number of alkyl halides is 4.